The van der Waals surface area contributed by atoms with Crippen molar-refractivity contribution in [1.29, 1.82) is 0 Å². The summed E-state index contributed by atoms with van der Waals surface area (Å²) in [6.07, 6.45) is 1.65. The normalized spacial score (nSPS) is 12.8. The van der Waals surface area contributed by atoms with Gasteiger partial charge in [0.1, 0.15) is 0 Å². The monoisotopic (exact) mass is 185 g/mol. The molecule has 1 rings (SSSR count). The summed E-state index contributed by atoms with van der Waals surface area (Å²) < 4.78 is 1.57. The van der Waals surface area contributed by atoms with E-state index >= 15 is 0 Å². The first-order valence-electron chi connectivity index (χ1n) is 4.37. The molecule has 6 heteroatoms. The second-order valence-corrected chi connectivity index (χ2v) is 2.89. The Morgan fingerprint density at radius 1 is 1.62 bits per heavy atom. The van der Waals surface area contributed by atoms with Crippen molar-refractivity contribution in [3.05, 3.63) is 0 Å². The summed E-state index contributed by atoms with van der Waals surface area (Å²) in [5.74, 6) is 0.639. The van der Waals surface area contributed by atoms with Crippen molar-refractivity contribution in [2.24, 2.45) is 7.05 Å². The summed E-state index contributed by atoms with van der Waals surface area (Å²) in [5.41, 5.74) is 0. The number of aliphatic hydroxyl groups is 1. The topological polar surface area (TPSA) is 75.9 Å². The fourth-order valence-electron chi connectivity index (χ4n) is 1.07. The molecule has 0 fully saturated rings. The summed E-state index contributed by atoms with van der Waals surface area (Å²) in [4.78, 5) is 0. The van der Waals surface area contributed by atoms with Gasteiger partial charge in [-0.2, -0.15) is 0 Å². The molecule has 0 radical (unpaired) electrons. The third-order valence-electron chi connectivity index (χ3n) is 1.92. The maximum absolute atomic E-state index is 8.77. The van der Waals surface area contributed by atoms with E-state index in [4.69, 9.17) is 5.11 Å². The third-order valence-corrected chi connectivity index (χ3v) is 1.92. The molecule has 0 aliphatic rings. The van der Waals surface area contributed by atoms with Gasteiger partial charge in [0.25, 0.3) is 0 Å². The zero-order valence-electron chi connectivity index (χ0n) is 7.93. The highest BCUT2D eigenvalue weighted by Crippen LogP contribution is 2.05. The van der Waals surface area contributed by atoms with Crippen molar-refractivity contribution in [3.63, 3.8) is 0 Å². The van der Waals surface area contributed by atoms with Crippen molar-refractivity contribution in [3.8, 4) is 0 Å². The number of nitrogens with one attached hydrogen (secondary N) is 1. The lowest BCUT2D eigenvalue weighted by Crippen LogP contribution is -2.22. The average molecular weight is 185 g/mol. The van der Waals surface area contributed by atoms with Crippen LogP contribution in [0, 0.1) is 0 Å². The summed E-state index contributed by atoms with van der Waals surface area (Å²) in [6.45, 7) is 2.23. The van der Waals surface area contributed by atoms with Crippen LogP contribution in [0.15, 0.2) is 0 Å². The molecule has 0 aliphatic carbocycles. The van der Waals surface area contributed by atoms with Crippen LogP contribution >= 0.6 is 0 Å². The number of rotatable bonds is 5. The lowest BCUT2D eigenvalue weighted by molar-refractivity contribution is 0.278. The molecule has 6 nitrogen and oxygen atoms in total. The number of tetrazole rings is 1. The van der Waals surface area contributed by atoms with E-state index in [1.165, 1.54) is 0 Å². The quantitative estimate of drug-likeness (QED) is 0.663. The average Bonchev–Trinajstić information content (AvgIpc) is 2.51. The Kier molecular flexibility index (Phi) is 3.63. The van der Waals surface area contributed by atoms with Gasteiger partial charge in [-0.25, -0.2) is 4.68 Å². The van der Waals surface area contributed by atoms with E-state index < -0.39 is 0 Å². The lowest BCUT2D eigenvalue weighted by Gasteiger charge is -2.14. The summed E-state index contributed by atoms with van der Waals surface area (Å²) >= 11 is 0. The molecule has 1 unspecified atom stereocenters. The fraction of sp³-hybridized carbons (Fsp3) is 0.857. The first kappa shape index (κ1) is 9.91. The molecule has 1 aromatic rings. The van der Waals surface area contributed by atoms with E-state index in [9.17, 15) is 0 Å². The molecule has 13 heavy (non-hydrogen) atoms. The standard InChI is InChI=1S/C7H15N5O/c1-3-6(4-5-13)8-7-9-10-11-12(7)2/h6,13H,3-5H2,1-2H3,(H,8,9,11). The van der Waals surface area contributed by atoms with Crippen LogP contribution in [-0.4, -0.2) is 38.0 Å². The Morgan fingerprint density at radius 2 is 2.38 bits per heavy atom. The molecule has 0 saturated carbocycles. The van der Waals surface area contributed by atoms with E-state index in [0.29, 0.717) is 12.4 Å². The summed E-state index contributed by atoms with van der Waals surface area (Å²) in [5, 5.41) is 22.9. The highest BCUT2D eigenvalue weighted by atomic mass is 16.3. The lowest BCUT2D eigenvalue weighted by atomic mass is 10.2. The van der Waals surface area contributed by atoms with Gasteiger partial charge in [0, 0.05) is 19.7 Å². The van der Waals surface area contributed by atoms with E-state index in [1.54, 1.807) is 11.7 Å². The van der Waals surface area contributed by atoms with Crippen LogP contribution in [-0.2, 0) is 7.05 Å². The summed E-state index contributed by atoms with van der Waals surface area (Å²) in [7, 11) is 1.77. The van der Waals surface area contributed by atoms with Gasteiger partial charge in [-0.1, -0.05) is 12.0 Å². The number of nitrogens with zero attached hydrogens (tertiary/aromatic N) is 4. The molecule has 2 N–H and O–H groups in total. The first-order valence-corrected chi connectivity index (χ1v) is 4.37. The molecular weight excluding hydrogens is 170 g/mol. The predicted molar refractivity (Wildman–Crippen MR) is 48.2 cm³/mol. The maximum Gasteiger partial charge on any atom is 0.242 e. The minimum absolute atomic E-state index is 0.177. The van der Waals surface area contributed by atoms with Gasteiger partial charge in [-0.05, 0) is 23.3 Å². The Hall–Kier alpha value is -1.17. The number of aliphatic hydroxyl groups excluding tert-OH is 1. The Bertz CT molecular complexity index is 249. The number of hydrogen-bond donors (Lipinski definition) is 2. The first-order chi connectivity index (χ1) is 6.27. The molecule has 0 aromatic carbocycles. The largest absolute Gasteiger partial charge is 0.396 e. The van der Waals surface area contributed by atoms with Gasteiger partial charge in [0.15, 0.2) is 0 Å². The second-order valence-electron chi connectivity index (χ2n) is 2.89. The summed E-state index contributed by atoms with van der Waals surface area (Å²) in [6, 6.07) is 0.231. The number of aromatic nitrogens is 4. The Labute approximate surface area is 76.9 Å². The smallest absolute Gasteiger partial charge is 0.242 e. The minimum Gasteiger partial charge on any atom is -0.396 e. The molecule has 1 aromatic heterocycles. The van der Waals surface area contributed by atoms with Crippen LogP contribution in [0.4, 0.5) is 5.95 Å². The Morgan fingerprint density at radius 3 is 2.85 bits per heavy atom. The van der Waals surface area contributed by atoms with Crippen LogP contribution < -0.4 is 5.32 Å². The number of aryl methyl sites for hydroxylation is 1. The molecule has 0 saturated heterocycles. The predicted octanol–water partition coefficient (Wildman–Crippen LogP) is -0.217. The van der Waals surface area contributed by atoms with Crippen LogP contribution in [0.5, 0.6) is 0 Å². The van der Waals surface area contributed by atoms with Crippen molar-refractivity contribution < 1.29 is 5.11 Å². The van der Waals surface area contributed by atoms with Gasteiger partial charge < -0.3 is 10.4 Å². The molecule has 1 atom stereocenters. The molecule has 1 heterocycles. The van der Waals surface area contributed by atoms with Gasteiger partial charge in [0.2, 0.25) is 5.95 Å². The minimum atomic E-state index is 0.177. The van der Waals surface area contributed by atoms with Crippen LogP contribution in [0.2, 0.25) is 0 Å². The number of hydrogen-bond acceptors (Lipinski definition) is 5. The van der Waals surface area contributed by atoms with Crippen molar-refractivity contribution in [2.75, 3.05) is 11.9 Å². The van der Waals surface area contributed by atoms with E-state index in [-0.39, 0.29) is 12.6 Å². The maximum atomic E-state index is 8.77. The van der Waals surface area contributed by atoms with Crippen molar-refractivity contribution in [1.82, 2.24) is 20.2 Å². The van der Waals surface area contributed by atoms with E-state index in [0.717, 1.165) is 6.42 Å². The van der Waals surface area contributed by atoms with Crippen molar-refractivity contribution in [2.45, 2.75) is 25.8 Å². The highest BCUT2D eigenvalue weighted by Gasteiger charge is 2.08. The van der Waals surface area contributed by atoms with Gasteiger partial charge in [0.05, 0.1) is 0 Å². The fourth-order valence-corrected chi connectivity index (χ4v) is 1.07. The molecule has 0 spiro atoms. The zero-order valence-corrected chi connectivity index (χ0v) is 7.93. The van der Waals surface area contributed by atoms with Gasteiger partial charge >= 0.3 is 0 Å². The third kappa shape index (κ3) is 2.66. The van der Waals surface area contributed by atoms with Crippen LogP contribution in [0.25, 0.3) is 0 Å². The van der Waals surface area contributed by atoms with Crippen LogP contribution in [0.3, 0.4) is 0 Å². The van der Waals surface area contributed by atoms with Crippen LogP contribution in [0.1, 0.15) is 19.8 Å². The second kappa shape index (κ2) is 4.76. The highest BCUT2D eigenvalue weighted by molar-refractivity contribution is 5.22. The molecule has 0 amide bonds. The Balaban J connectivity index is 2.51. The zero-order chi connectivity index (χ0) is 9.68. The molecule has 0 aliphatic heterocycles. The van der Waals surface area contributed by atoms with E-state index in [2.05, 4.69) is 27.8 Å². The molecule has 0 bridgehead atoms. The van der Waals surface area contributed by atoms with Gasteiger partial charge in [-0.3, -0.25) is 0 Å². The van der Waals surface area contributed by atoms with E-state index in [1.807, 2.05) is 0 Å². The van der Waals surface area contributed by atoms with Gasteiger partial charge in [-0.15, -0.1) is 0 Å². The van der Waals surface area contributed by atoms with Crippen molar-refractivity contribution >= 4 is 5.95 Å². The number of anilines is 1. The molecule has 74 valence electrons. The molecular formula is C7H15N5O. The SMILES string of the molecule is CCC(CCO)Nc1nnnn1C.